The molecule has 1 fully saturated rings. The van der Waals surface area contributed by atoms with E-state index in [1.165, 1.54) is 12.7 Å². The normalized spacial score (nSPS) is 15.0. The number of fused-ring (bicyclic) bond motifs is 3. The zero-order chi connectivity index (χ0) is 31.2. The molecule has 1 aromatic heterocycles. The molecule has 1 atom stereocenters. The number of alkyl carbamates (subject to hydrolysis) is 1. The van der Waals surface area contributed by atoms with Crippen molar-refractivity contribution in [2.45, 2.75) is 70.0 Å². The van der Waals surface area contributed by atoms with Crippen molar-refractivity contribution in [3.63, 3.8) is 0 Å². The largest absolute Gasteiger partial charge is 0.459 e. The van der Waals surface area contributed by atoms with Gasteiger partial charge in [-0.3, -0.25) is 9.59 Å². The van der Waals surface area contributed by atoms with Gasteiger partial charge in [-0.1, -0.05) is 86.8 Å². The number of nitrogens with zero attached hydrogens (tertiary/aromatic N) is 1. The molecular weight excluding hydrogens is 566 g/mol. The number of furan rings is 1. The van der Waals surface area contributed by atoms with Gasteiger partial charge in [0.25, 0.3) is 5.91 Å². The fourth-order valence-electron chi connectivity index (χ4n) is 6.56. The molecule has 0 radical (unpaired) electrons. The van der Waals surface area contributed by atoms with Crippen LogP contribution in [0.1, 0.15) is 78.6 Å². The van der Waals surface area contributed by atoms with Gasteiger partial charge in [-0.25, -0.2) is 4.79 Å². The second-order valence-corrected chi connectivity index (χ2v) is 11.8. The third-order valence-corrected chi connectivity index (χ3v) is 8.94. The van der Waals surface area contributed by atoms with Gasteiger partial charge < -0.3 is 24.7 Å². The number of anilines is 1. The van der Waals surface area contributed by atoms with Crippen molar-refractivity contribution in [1.29, 1.82) is 0 Å². The predicted molar refractivity (Wildman–Crippen MR) is 173 cm³/mol. The van der Waals surface area contributed by atoms with Gasteiger partial charge in [-0.05, 0) is 71.3 Å². The summed E-state index contributed by atoms with van der Waals surface area (Å²) in [6.07, 6.45) is 6.68. The molecule has 8 heteroatoms. The highest BCUT2D eigenvalue weighted by Crippen LogP contribution is 2.44. The lowest BCUT2D eigenvalue weighted by Crippen LogP contribution is -2.43. The topological polar surface area (TPSA) is 101 Å². The molecule has 2 N–H and O–H groups in total. The van der Waals surface area contributed by atoms with Gasteiger partial charge in [0, 0.05) is 24.2 Å². The Balaban J connectivity index is 1.04. The molecule has 0 bridgehead atoms. The highest BCUT2D eigenvalue weighted by Gasteiger charge is 2.30. The van der Waals surface area contributed by atoms with Crippen molar-refractivity contribution in [2.24, 2.45) is 0 Å². The van der Waals surface area contributed by atoms with E-state index in [0.717, 1.165) is 53.5 Å². The maximum absolute atomic E-state index is 13.3. The lowest BCUT2D eigenvalue weighted by Gasteiger charge is -2.34. The van der Waals surface area contributed by atoms with Crippen LogP contribution in [0.3, 0.4) is 0 Å². The molecule has 0 spiro atoms. The Bertz CT molecular complexity index is 1580. The average molecular weight is 606 g/mol. The van der Waals surface area contributed by atoms with Crippen LogP contribution in [0.15, 0.2) is 95.6 Å². The Morgan fingerprint density at radius 3 is 2.16 bits per heavy atom. The van der Waals surface area contributed by atoms with Crippen LogP contribution in [-0.2, 0) is 16.1 Å². The molecule has 3 amide bonds. The Morgan fingerprint density at radius 2 is 1.53 bits per heavy atom. The summed E-state index contributed by atoms with van der Waals surface area (Å²) in [6, 6.07) is 26.7. The molecule has 0 aliphatic heterocycles. The molecule has 232 valence electrons. The molecule has 1 heterocycles. The molecule has 3 aromatic carbocycles. The first-order chi connectivity index (χ1) is 22.0. The van der Waals surface area contributed by atoms with Crippen LogP contribution in [0.2, 0.25) is 0 Å². The summed E-state index contributed by atoms with van der Waals surface area (Å²) in [4.78, 5) is 41.1. The minimum Gasteiger partial charge on any atom is -0.459 e. The van der Waals surface area contributed by atoms with E-state index in [2.05, 4.69) is 34.9 Å². The summed E-state index contributed by atoms with van der Waals surface area (Å²) in [5, 5.41) is 5.64. The summed E-state index contributed by atoms with van der Waals surface area (Å²) in [6.45, 7) is 2.48. The van der Waals surface area contributed by atoms with Crippen molar-refractivity contribution in [1.82, 2.24) is 10.2 Å². The minimum atomic E-state index is -0.756. The van der Waals surface area contributed by atoms with E-state index in [4.69, 9.17) is 9.15 Å². The van der Waals surface area contributed by atoms with Gasteiger partial charge in [-0.15, -0.1) is 0 Å². The fourth-order valence-corrected chi connectivity index (χ4v) is 6.56. The van der Waals surface area contributed by atoms with E-state index in [0.29, 0.717) is 24.4 Å². The molecule has 1 saturated carbocycles. The number of carbonyl (C=O) groups excluding carboxylic acids is 3. The molecule has 8 nitrogen and oxygen atoms in total. The summed E-state index contributed by atoms with van der Waals surface area (Å²) in [5.41, 5.74) is 6.15. The van der Waals surface area contributed by atoms with Gasteiger partial charge in [0.2, 0.25) is 5.91 Å². The molecular formula is C37H39N3O5. The molecule has 4 aromatic rings. The van der Waals surface area contributed by atoms with Gasteiger partial charge in [-0.2, -0.15) is 0 Å². The third kappa shape index (κ3) is 6.80. The Kier molecular flexibility index (Phi) is 9.29. The summed E-state index contributed by atoms with van der Waals surface area (Å²) >= 11 is 0. The maximum Gasteiger partial charge on any atom is 0.407 e. The van der Waals surface area contributed by atoms with E-state index in [9.17, 15) is 14.4 Å². The lowest BCUT2D eigenvalue weighted by molar-refractivity contribution is -0.118. The molecule has 2 aliphatic rings. The van der Waals surface area contributed by atoms with Crippen molar-refractivity contribution < 1.29 is 23.5 Å². The summed E-state index contributed by atoms with van der Waals surface area (Å²) < 4.78 is 11.1. The smallest absolute Gasteiger partial charge is 0.407 e. The van der Waals surface area contributed by atoms with Crippen LogP contribution >= 0.6 is 0 Å². The molecule has 45 heavy (non-hydrogen) atoms. The second-order valence-electron chi connectivity index (χ2n) is 11.8. The standard InChI is InChI=1S/C37H39N3O5/c1-2-33(39-37(43)45-24-32-30-15-8-6-13-28(30)29-14-7-9-16-31(29)32)35(41)38-26-20-18-25(19-21-26)23-40(27-11-4-3-5-12-27)36(42)34-17-10-22-44-34/h6-10,13-22,27,32-33H,2-5,11-12,23-24H2,1H3,(H,38,41)(H,39,43)/t33-/m0/s1. The van der Waals surface area contributed by atoms with Gasteiger partial charge in [0.05, 0.1) is 6.26 Å². The number of hydrogen-bond acceptors (Lipinski definition) is 5. The van der Waals surface area contributed by atoms with E-state index < -0.39 is 12.1 Å². The van der Waals surface area contributed by atoms with Crippen LogP contribution in [-0.4, -0.2) is 41.5 Å². The zero-order valence-electron chi connectivity index (χ0n) is 25.5. The maximum atomic E-state index is 13.3. The number of hydrogen-bond donors (Lipinski definition) is 2. The third-order valence-electron chi connectivity index (χ3n) is 8.94. The minimum absolute atomic E-state index is 0.0565. The molecule has 2 aliphatic carbocycles. The fraction of sp³-hybridized carbons (Fsp3) is 0.324. The van der Waals surface area contributed by atoms with E-state index >= 15 is 0 Å². The molecule has 0 unspecified atom stereocenters. The highest BCUT2D eigenvalue weighted by molar-refractivity contribution is 5.96. The number of rotatable bonds is 10. The van der Waals surface area contributed by atoms with Crippen LogP contribution < -0.4 is 10.6 Å². The lowest BCUT2D eigenvalue weighted by atomic mass is 9.93. The van der Waals surface area contributed by atoms with Crippen LogP contribution in [0, 0.1) is 0 Å². The predicted octanol–water partition coefficient (Wildman–Crippen LogP) is 7.51. The zero-order valence-corrected chi connectivity index (χ0v) is 25.5. The SMILES string of the molecule is CC[C@H](NC(=O)OCC1c2ccccc2-c2ccccc21)C(=O)Nc1ccc(CN(C(=O)c2ccco2)C2CCCCC2)cc1. The van der Waals surface area contributed by atoms with Crippen molar-refractivity contribution in [3.8, 4) is 11.1 Å². The second kappa shape index (κ2) is 13.8. The first-order valence-corrected chi connectivity index (χ1v) is 15.9. The number of amides is 3. The van der Waals surface area contributed by atoms with Crippen LogP contribution in [0.5, 0.6) is 0 Å². The van der Waals surface area contributed by atoms with Gasteiger partial charge in [0.15, 0.2) is 5.76 Å². The highest BCUT2D eigenvalue weighted by atomic mass is 16.5. The van der Waals surface area contributed by atoms with Gasteiger partial charge in [0.1, 0.15) is 12.6 Å². The number of nitrogens with one attached hydrogen (secondary N) is 2. The average Bonchev–Trinajstić information content (AvgIpc) is 3.73. The Labute approximate surface area is 263 Å². The Morgan fingerprint density at radius 1 is 0.867 bits per heavy atom. The molecule has 0 saturated heterocycles. The first kappa shape index (κ1) is 30.2. The van der Waals surface area contributed by atoms with E-state index in [1.54, 1.807) is 12.1 Å². The van der Waals surface area contributed by atoms with Crippen molar-refractivity contribution in [3.05, 3.63) is 114 Å². The van der Waals surface area contributed by atoms with Crippen LogP contribution in [0.4, 0.5) is 10.5 Å². The number of benzene rings is 3. The quantitative estimate of drug-likeness (QED) is 0.195. The summed E-state index contributed by atoms with van der Waals surface area (Å²) in [5.74, 6) is -0.136. The number of carbonyl (C=O) groups is 3. The van der Waals surface area contributed by atoms with Crippen molar-refractivity contribution in [2.75, 3.05) is 11.9 Å². The molecule has 6 rings (SSSR count). The van der Waals surface area contributed by atoms with Crippen LogP contribution in [0.25, 0.3) is 11.1 Å². The van der Waals surface area contributed by atoms with Crippen molar-refractivity contribution >= 4 is 23.6 Å². The number of ether oxygens (including phenoxy) is 1. The monoisotopic (exact) mass is 605 g/mol. The first-order valence-electron chi connectivity index (χ1n) is 15.9. The Hall–Kier alpha value is -4.85. The van der Waals surface area contributed by atoms with Gasteiger partial charge >= 0.3 is 6.09 Å². The van der Waals surface area contributed by atoms with E-state index in [-0.39, 0.29) is 30.4 Å². The van der Waals surface area contributed by atoms with E-state index in [1.807, 2.05) is 60.4 Å². The summed E-state index contributed by atoms with van der Waals surface area (Å²) in [7, 11) is 0.